The number of alkyl halides is 3. The molecule has 0 aromatic carbocycles. The molecule has 0 spiro atoms. The second kappa shape index (κ2) is 6.20. The summed E-state index contributed by atoms with van der Waals surface area (Å²) in [4.78, 5) is 13.4. The van der Waals surface area contributed by atoms with Gasteiger partial charge in [0, 0.05) is 13.1 Å². The smallest absolute Gasteiger partial charge is 0.410 e. The first-order chi connectivity index (χ1) is 8.99. The van der Waals surface area contributed by atoms with Gasteiger partial charge >= 0.3 is 12.3 Å². The lowest BCUT2D eigenvalue weighted by Gasteiger charge is -2.35. The number of ether oxygens (including phenoxy) is 1. The summed E-state index contributed by atoms with van der Waals surface area (Å²) in [6.07, 6.45) is -3.67. The number of carbonyl (C=O) groups excluding carboxylic acids is 1. The van der Waals surface area contributed by atoms with Crippen molar-refractivity contribution in [3.63, 3.8) is 0 Å². The average molecular weight is 296 g/mol. The van der Waals surface area contributed by atoms with Gasteiger partial charge in [-0.05, 0) is 46.0 Å². The van der Waals surface area contributed by atoms with Crippen molar-refractivity contribution in [2.75, 3.05) is 13.1 Å². The third-order valence-electron chi connectivity index (χ3n) is 3.18. The molecule has 1 rings (SSSR count). The molecular formula is C13H23F3N2O2. The molecule has 2 unspecified atom stereocenters. The van der Waals surface area contributed by atoms with Crippen LogP contribution in [-0.4, -0.2) is 41.9 Å². The van der Waals surface area contributed by atoms with Crippen LogP contribution in [0.1, 0.15) is 40.0 Å². The number of hydrogen-bond acceptors (Lipinski definition) is 3. The SMILES string of the molecule is CC(C)(C)OC(=O)N1CCCC(CC(N)C(F)(F)F)C1. The molecule has 118 valence electrons. The van der Waals surface area contributed by atoms with Gasteiger partial charge in [0.1, 0.15) is 11.6 Å². The van der Waals surface area contributed by atoms with E-state index >= 15 is 0 Å². The minimum absolute atomic E-state index is 0.150. The average Bonchev–Trinajstić information content (AvgIpc) is 2.25. The van der Waals surface area contributed by atoms with Gasteiger partial charge in [0.15, 0.2) is 0 Å². The molecule has 1 saturated heterocycles. The second-order valence-corrected chi connectivity index (χ2v) is 6.32. The normalized spacial score (nSPS) is 22.6. The summed E-state index contributed by atoms with van der Waals surface area (Å²) in [5.41, 5.74) is 4.54. The van der Waals surface area contributed by atoms with E-state index in [-0.39, 0.29) is 18.9 Å². The van der Waals surface area contributed by atoms with Crippen molar-refractivity contribution in [3.05, 3.63) is 0 Å². The van der Waals surface area contributed by atoms with E-state index in [4.69, 9.17) is 10.5 Å². The summed E-state index contributed by atoms with van der Waals surface area (Å²) in [6.45, 7) is 6.06. The van der Waals surface area contributed by atoms with Gasteiger partial charge in [-0.25, -0.2) is 4.79 Å². The van der Waals surface area contributed by atoms with Crippen LogP contribution < -0.4 is 5.73 Å². The Labute approximate surface area is 117 Å². The summed E-state index contributed by atoms with van der Waals surface area (Å²) in [5, 5.41) is 0. The summed E-state index contributed by atoms with van der Waals surface area (Å²) in [6, 6.07) is -1.83. The molecule has 20 heavy (non-hydrogen) atoms. The van der Waals surface area contributed by atoms with E-state index in [9.17, 15) is 18.0 Å². The van der Waals surface area contributed by atoms with E-state index in [2.05, 4.69) is 0 Å². The molecule has 0 aliphatic carbocycles. The summed E-state index contributed by atoms with van der Waals surface area (Å²) < 4.78 is 42.6. The highest BCUT2D eigenvalue weighted by Gasteiger charge is 2.39. The third kappa shape index (κ3) is 5.56. The fourth-order valence-electron chi connectivity index (χ4n) is 2.24. The first-order valence-corrected chi connectivity index (χ1v) is 6.79. The van der Waals surface area contributed by atoms with Crippen molar-refractivity contribution in [2.45, 2.75) is 57.9 Å². The number of piperidine rings is 1. The van der Waals surface area contributed by atoms with E-state index in [0.717, 1.165) is 0 Å². The molecule has 0 aromatic rings. The van der Waals surface area contributed by atoms with Crippen LogP contribution in [0.3, 0.4) is 0 Å². The minimum Gasteiger partial charge on any atom is -0.444 e. The standard InChI is InChI=1S/C13H23F3N2O2/c1-12(2,3)20-11(19)18-6-4-5-9(8-18)7-10(17)13(14,15)16/h9-10H,4-8,17H2,1-3H3. The number of likely N-dealkylation sites (tertiary alicyclic amines) is 1. The van der Waals surface area contributed by atoms with Crippen LogP contribution in [0.25, 0.3) is 0 Å². The maximum absolute atomic E-state index is 12.5. The predicted molar refractivity (Wildman–Crippen MR) is 69.2 cm³/mol. The molecular weight excluding hydrogens is 273 g/mol. The van der Waals surface area contributed by atoms with Gasteiger partial charge in [0.2, 0.25) is 0 Å². The molecule has 2 N–H and O–H groups in total. The van der Waals surface area contributed by atoms with Crippen LogP contribution in [0.15, 0.2) is 0 Å². The summed E-state index contributed by atoms with van der Waals surface area (Å²) in [7, 11) is 0. The van der Waals surface area contributed by atoms with Crippen LogP contribution in [-0.2, 0) is 4.74 Å². The van der Waals surface area contributed by atoms with Gasteiger partial charge in [-0.1, -0.05) is 0 Å². The molecule has 0 aromatic heterocycles. The van der Waals surface area contributed by atoms with Crippen LogP contribution in [0.5, 0.6) is 0 Å². The highest BCUT2D eigenvalue weighted by atomic mass is 19.4. The largest absolute Gasteiger partial charge is 0.444 e. The highest BCUT2D eigenvalue weighted by molar-refractivity contribution is 5.68. The molecule has 0 radical (unpaired) electrons. The number of hydrogen-bond donors (Lipinski definition) is 1. The van der Waals surface area contributed by atoms with Crippen LogP contribution >= 0.6 is 0 Å². The molecule has 2 atom stereocenters. The van der Waals surface area contributed by atoms with Crippen molar-refractivity contribution in [1.29, 1.82) is 0 Å². The Balaban J connectivity index is 2.52. The lowest BCUT2D eigenvalue weighted by Crippen LogP contribution is -2.46. The van der Waals surface area contributed by atoms with Gasteiger partial charge in [-0.2, -0.15) is 13.2 Å². The molecule has 7 heteroatoms. The van der Waals surface area contributed by atoms with E-state index in [0.29, 0.717) is 19.4 Å². The predicted octanol–water partition coefficient (Wildman–Crippen LogP) is 2.91. The van der Waals surface area contributed by atoms with E-state index in [1.54, 1.807) is 20.8 Å². The number of carbonyl (C=O) groups is 1. The van der Waals surface area contributed by atoms with Gasteiger partial charge in [-0.15, -0.1) is 0 Å². The van der Waals surface area contributed by atoms with Crippen LogP contribution in [0.4, 0.5) is 18.0 Å². The van der Waals surface area contributed by atoms with Gasteiger partial charge in [-0.3, -0.25) is 0 Å². The van der Waals surface area contributed by atoms with Crippen LogP contribution in [0.2, 0.25) is 0 Å². The first kappa shape index (κ1) is 17.1. The number of nitrogens with two attached hydrogens (primary N) is 1. The number of halogens is 3. The molecule has 4 nitrogen and oxygen atoms in total. The Morgan fingerprint density at radius 1 is 1.40 bits per heavy atom. The summed E-state index contributed by atoms with van der Waals surface area (Å²) >= 11 is 0. The Morgan fingerprint density at radius 3 is 2.50 bits per heavy atom. The molecule has 1 aliphatic rings. The number of rotatable bonds is 2. The lowest BCUT2D eigenvalue weighted by molar-refractivity contribution is -0.152. The molecule has 0 bridgehead atoms. The third-order valence-corrected chi connectivity index (χ3v) is 3.18. The summed E-state index contributed by atoms with van der Waals surface area (Å²) in [5.74, 6) is -0.229. The molecule has 1 heterocycles. The first-order valence-electron chi connectivity index (χ1n) is 6.79. The van der Waals surface area contributed by atoms with Crippen molar-refractivity contribution in [3.8, 4) is 0 Å². The zero-order valence-electron chi connectivity index (χ0n) is 12.2. The molecule has 1 fully saturated rings. The van der Waals surface area contributed by atoms with Crippen molar-refractivity contribution >= 4 is 6.09 Å². The number of amides is 1. The van der Waals surface area contributed by atoms with E-state index < -0.39 is 23.9 Å². The fourth-order valence-corrected chi connectivity index (χ4v) is 2.24. The number of nitrogens with zero attached hydrogens (tertiary/aromatic N) is 1. The Bertz CT molecular complexity index is 339. The molecule has 0 saturated carbocycles. The van der Waals surface area contributed by atoms with Crippen molar-refractivity contribution in [2.24, 2.45) is 11.7 Å². The fraction of sp³-hybridized carbons (Fsp3) is 0.923. The Hall–Kier alpha value is -0.980. The van der Waals surface area contributed by atoms with Crippen molar-refractivity contribution in [1.82, 2.24) is 4.90 Å². The monoisotopic (exact) mass is 296 g/mol. The Kier molecular flexibility index (Phi) is 5.29. The van der Waals surface area contributed by atoms with Crippen molar-refractivity contribution < 1.29 is 22.7 Å². The maximum atomic E-state index is 12.5. The Morgan fingerprint density at radius 2 is 2.00 bits per heavy atom. The maximum Gasteiger partial charge on any atom is 0.410 e. The molecule has 1 amide bonds. The van der Waals surface area contributed by atoms with E-state index in [1.807, 2.05) is 0 Å². The zero-order valence-corrected chi connectivity index (χ0v) is 12.2. The van der Waals surface area contributed by atoms with Gasteiger partial charge in [0.05, 0.1) is 0 Å². The minimum atomic E-state index is -4.38. The lowest BCUT2D eigenvalue weighted by atomic mass is 9.91. The van der Waals surface area contributed by atoms with Gasteiger partial charge < -0.3 is 15.4 Å². The quantitative estimate of drug-likeness (QED) is 0.852. The highest BCUT2D eigenvalue weighted by Crippen LogP contribution is 2.28. The zero-order chi connectivity index (χ0) is 15.6. The van der Waals surface area contributed by atoms with E-state index in [1.165, 1.54) is 4.90 Å². The molecule has 1 aliphatic heterocycles. The topological polar surface area (TPSA) is 55.6 Å². The van der Waals surface area contributed by atoms with Crippen LogP contribution in [0, 0.1) is 5.92 Å². The van der Waals surface area contributed by atoms with Gasteiger partial charge in [0.25, 0.3) is 0 Å². The second-order valence-electron chi connectivity index (χ2n) is 6.32.